The Morgan fingerprint density at radius 1 is 1.22 bits per heavy atom. The van der Waals surface area contributed by atoms with Crippen LogP contribution in [-0.2, 0) is 4.79 Å². The molecule has 3 nitrogen and oxygen atoms in total. The average Bonchev–Trinajstić information content (AvgIpc) is 2.57. The average molecular weight is 307 g/mol. The first-order valence-corrected chi connectivity index (χ1v) is 7.95. The number of rotatable bonds is 4. The summed E-state index contributed by atoms with van der Waals surface area (Å²) in [5.41, 5.74) is 4.24. The number of aryl methyl sites for hydroxylation is 1. The third-order valence-electron chi connectivity index (χ3n) is 4.35. The Bertz CT molecular complexity index is 722. The van der Waals surface area contributed by atoms with Crippen LogP contribution >= 0.6 is 0 Å². The standard InChI is InChI=1S/C20H21NO2/c1-14-13-16(10-11-17(14)15-7-3-2-4-8-15)19(20(22)23)18-9-5-6-12-21-18/h2-5,7-11,13,18-19,21H,6,12H2,1H3,(H,22,23)/t18-,19+/m1/s1. The van der Waals surface area contributed by atoms with Crippen molar-refractivity contribution in [3.63, 3.8) is 0 Å². The van der Waals surface area contributed by atoms with Gasteiger partial charge in [-0.15, -0.1) is 0 Å². The highest BCUT2D eigenvalue weighted by molar-refractivity contribution is 5.78. The van der Waals surface area contributed by atoms with Crippen molar-refractivity contribution < 1.29 is 9.90 Å². The van der Waals surface area contributed by atoms with Crippen LogP contribution in [0.2, 0.25) is 0 Å². The van der Waals surface area contributed by atoms with E-state index in [1.165, 1.54) is 0 Å². The van der Waals surface area contributed by atoms with E-state index in [0.717, 1.165) is 35.2 Å². The SMILES string of the molecule is Cc1cc([C@H](C(=O)O)[C@H]2C=CCCN2)ccc1-c1ccccc1. The van der Waals surface area contributed by atoms with E-state index in [0.29, 0.717) is 0 Å². The quantitative estimate of drug-likeness (QED) is 0.846. The molecule has 3 rings (SSSR count). The fourth-order valence-corrected chi connectivity index (χ4v) is 3.20. The van der Waals surface area contributed by atoms with E-state index in [1.54, 1.807) is 0 Å². The molecule has 0 amide bonds. The van der Waals surface area contributed by atoms with Crippen LogP contribution in [0.5, 0.6) is 0 Å². The van der Waals surface area contributed by atoms with Crippen molar-refractivity contribution in [3.05, 3.63) is 71.8 Å². The molecule has 0 aliphatic carbocycles. The summed E-state index contributed by atoms with van der Waals surface area (Å²) < 4.78 is 0. The van der Waals surface area contributed by atoms with Gasteiger partial charge in [-0.05, 0) is 42.1 Å². The van der Waals surface area contributed by atoms with Gasteiger partial charge >= 0.3 is 5.97 Å². The molecule has 0 bridgehead atoms. The van der Waals surface area contributed by atoms with Gasteiger partial charge in [0, 0.05) is 6.04 Å². The Hall–Kier alpha value is -2.39. The normalized spacial score (nSPS) is 18.6. The number of aliphatic carboxylic acids is 1. The zero-order valence-corrected chi connectivity index (χ0v) is 13.2. The van der Waals surface area contributed by atoms with E-state index in [2.05, 4.69) is 23.5 Å². The van der Waals surface area contributed by atoms with Crippen LogP contribution in [0.1, 0.15) is 23.5 Å². The molecule has 0 saturated heterocycles. The van der Waals surface area contributed by atoms with Crippen molar-refractivity contribution in [2.45, 2.75) is 25.3 Å². The molecule has 1 heterocycles. The molecule has 0 radical (unpaired) electrons. The number of nitrogens with one attached hydrogen (secondary N) is 1. The molecule has 0 unspecified atom stereocenters. The lowest BCUT2D eigenvalue weighted by Crippen LogP contribution is -2.39. The topological polar surface area (TPSA) is 49.3 Å². The number of hydrogen-bond acceptors (Lipinski definition) is 2. The van der Waals surface area contributed by atoms with E-state index < -0.39 is 11.9 Å². The van der Waals surface area contributed by atoms with Gasteiger partial charge in [0.1, 0.15) is 5.92 Å². The van der Waals surface area contributed by atoms with Crippen LogP contribution in [0.25, 0.3) is 11.1 Å². The number of carboxylic acids is 1. The van der Waals surface area contributed by atoms with Crippen molar-refractivity contribution >= 4 is 5.97 Å². The van der Waals surface area contributed by atoms with Crippen LogP contribution in [0, 0.1) is 6.92 Å². The summed E-state index contributed by atoms with van der Waals surface area (Å²) in [6.45, 7) is 2.86. The molecule has 0 spiro atoms. The van der Waals surface area contributed by atoms with E-state index in [9.17, 15) is 9.90 Å². The Labute approximate surface area is 136 Å². The molecule has 2 aromatic rings. The summed E-state index contributed by atoms with van der Waals surface area (Å²) in [5, 5.41) is 13.0. The summed E-state index contributed by atoms with van der Waals surface area (Å²) in [6, 6.07) is 16.0. The zero-order valence-electron chi connectivity index (χ0n) is 13.2. The predicted molar refractivity (Wildman–Crippen MR) is 92.5 cm³/mol. The maximum atomic E-state index is 11.8. The van der Waals surface area contributed by atoms with E-state index in [4.69, 9.17) is 0 Å². The molecule has 118 valence electrons. The second-order valence-electron chi connectivity index (χ2n) is 5.95. The maximum absolute atomic E-state index is 11.8. The van der Waals surface area contributed by atoms with Crippen LogP contribution in [-0.4, -0.2) is 23.7 Å². The summed E-state index contributed by atoms with van der Waals surface area (Å²) in [7, 11) is 0. The Kier molecular flexibility index (Phi) is 4.58. The van der Waals surface area contributed by atoms with E-state index in [-0.39, 0.29) is 6.04 Å². The first-order valence-electron chi connectivity index (χ1n) is 7.95. The summed E-state index contributed by atoms with van der Waals surface area (Å²) in [5.74, 6) is -1.35. The van der Waals surface area contributed by atoms with Crippen molar-refractivity contribution in [1.82, 2.24) is 5.32 Å². The van der Waals surface area contributed by atoms with Crippen molar-refractivity contribution in [2.75, 3.05) is 6.54 Å². The molecule has 0 aromatic heterocycles. The Morgan fingerprint density at radius 2 is 2.00 bits per heavy atom. The highest BCUT2D eigenvalue weighted by Gasteiger charge is 2.29. The van der Waals surface area contributed by atoms with E-state index >= 15 is 0 Å². The molecule has 1 aliphatic heterocycles. The van der Waals surface area contributed by atoms with Crippen LogP contribution < -0.4 is 5.32 Å². The number of carbonyl (C=O) groups is 1. The van der Waals surface area contributed by atoms with E-state index in [1.807, 2.05) is 49.4 Å². The Morgan fingerprint density at radius 3 is 2.61 bits per heavy atom. The fourth-order valence-electron chi connectivity index (χ4n) is 3.20. The zero-order chi connectivity index (χ0) is 16.2. The van der Waals surface area contributed by atoms with Gasteiger partial charge < -0.3 is 10.4 Å². The predicted octanol–water partition coefficient (Wildman–Crippen LogP) is 3.75. The molecule has 1 aliphatic rings. The van der Waals surface area contributed by atoms with Gasteiger partial charge in [0.25, 0.3) is 0 Å². The molecule has 2 atom stereocenters. The summed E-state index contributed by atoms with van der Waals surface area (Å²) in [6.07, 6.45) is 4.99. The molecule has 0 saturated carbocycles. The van der Waals surface area contributed by atoms with Crippen molar-refractivity contribution in [2.24, 2.45) is 0 Å². The maximum Gasteiger partial charge on any atom is 0.312 e. The van der Waals surface area contributed by atoms with Crippen LogP contribution in [0.15, 0.2) is 60.7 Å². The lowest BCUT2D eigenvalue weighted by molar-refractivity contribution is -0.139. The van der Waals surface area contributed by atoms with Gasteiger partial charge in [-0.3, -0.25) is 4.79 Å². The van der Waals surface area contributed by atoms with Gasteiger partial charge in [-0.2, -0.15) is 0 Å². The molecular weight excluding hydrogens is 286 g/mol. The smallest absolute Gasteiger partial charge is 0.312 e. The second kappa shape index (κ2) is 6.80. The number of carboxylic acid groups (broad SMARTS) is 1. The monoisotopic (exact) mass is 307 g/mol. The highest BCUT2D eigenvalue weighted by atomic mass is 16.4. The Balaban J connectivity index is 1.96. The summed E-state index contributed by atoms with van der Waals surface area (Å²) in [4.78, 5) is 11.8. The second-order valence-corrected chi connectivity index (χ2v) is 5.95. The molecule has 0 fully saturated rings. The van der Waals surface area contributed by atoms with Crippen molar-refractivity contribution in [3.8, 4) is 11.1 Å². The lowest BCUT2D eigenvalue weighted by atomic mass is 9.87. The van der Waals surface area contributed by atoms with Crippen LogP contribution in [0.3, 0.4) is 0 Å². The van der Waals surface area contributed by atoms with Crippen molar-refractivity contribution in [1.29, 1.82) is 0 Å². The molecule has 23 heavy (non-hydrogen) atoms. The molecular formula is C20H21NO2. The van der Waals surface area contributed by atoms with Crippen LogP contribution in [0.4, 0.5) is 0 Å². The minimum absolute atomic E-state index is 0.150. The third-order valence-corrected chi connectivity index (χ3v) is 4.35. The summed E-state index contributed by atoms with van der Waals surface area (Å²) >= 11 is 0. The van der Waals surface area contributed by atoms with Gasteiger partial charge in [-0.25, -0.2) is 0 Å². The molecule has 2 aromatic carbocycles. The lowest BCUT2D eigenvalue weighted by Gasteiger charge is -2.25. The molecule has 2 N–H and O–H groups in total. The third kappa shape index (κ3) is 3.35. The minimum Gasteiger partial charge on any atom is -0.481 e. The first kappa shape index (κ1) is 15.5. The number of benzene rings is 2. The number of hydrogen-bond donors (Lipinski definition) is 2. The van der Waals surface area contributed by atoms with Gasteiger partial charge in [0.15, 0.2) is 0 Å². The first-order chi connectivity index (χ1) is 11.2. The molecule has 3 heteroatoms. The van der Waals surface area contributed by atoms with Gasteiger partial charge in [0.2, 0.25) is 0 Å². The van der Waals surface area contributed by atoms with Gasteiger partial charge in [0.05, 0.1) is 0 Å². The fraction of sp³-hybridized carbons (Fsp3) is 0.250. The highest BCUT2D eigenvalue weighted by Crippen LogP contribution is 2.29. The van der Waals surface area contributed by atoms with Gasteiger partial charge in [-0.1, -0.05) is 60.7 Å². The minimum atomic E-state index is -0.791. The largest absolute Gasteiger partial charge is 0.481 e.